The molecule has 1 heterocycles. The smallest absolute Gasteiger partial charge is 0.338 e. The van der Waals surface area contributed by atoms with Crippen LogP contribution in [0.5, 0.6) is 5.75 Å². The Bertz CT molecular complexity index is 953. The van der Waals surface area contributed by atoms with Crippen molar-refractivity contribution in [2.45, 2.75) is 52.1 Å². The molecule has 5 heteroatoms. The number of carbonyl (C=O) groups excluding carboxylic acids is 1. The zero-order valence-electron chi connectivity index (χ0n) is 17.5. The number of hydrogen-bond donors (Lipinski definition) is 1. The van der Waals surface area contributed by atoms with E-state index in [2.05, 4.69) is 16.9 Å². The number of aromatic hydroxyl groups is 1. The summed E-state index contributed by atoms with van der Waals surface area (Å²) in [5.74, 6) is 0.440. The lowest BCUT2D eigenvalue weighted by Crippen LogP contribution is -2.15. The van der Waals surface area contributed by atoms with Gasteiger partial charge in [-0.2, -0.15) is 0 Å². The minimum atomic E-state index is -0.305. The average molecular weight is 405 g/mol. The molecule has 0 aliphatic carbocycles. The van der Waals surface area contributed by atoms with Crippen LogP contribution in [0.1, 0.15) is 56.3 Å². The fraction of sp³-hybridized carbons (Fsp3) is 0.320. The average Bonchev–Trinajstić information content (AvgIpc) is 2.77. The van der Waals surface area contributed by atoms with Crippen LogP contribution in [0.25, 0.3) is 22.5 Å². The Kier molecular flexibility index (Phi) is 7.55. The predicted octanol–water partition coefficient (Wildman–Crippen LogP) is 6.03. The van der Waals surface area contributed by atoms with Crippen LogP contribution in [0, 0.1) is 0 Å². The van der Waals surface area contributed by atoms with Gasteiger partial charge in [-0.25, -0.2) is 14.8 Å². The second-order valence-corrected chi connectivity index (χ2v) is 7.46. The SMILES string of the molecule is CCCCCCC(C)OC(=O)c1ccc(-c2ncc(-c3ccccc3O)cn2)cc1. The lowest BCUT2D eigenvalue weighted by atomic mass is 10.1. The Labute approximate surface area is 177 Å². The van der Waals surface area contributed by atoms with Gasteiger partial charge < -0.3 is 9.84 Å². The van der Waals surface area contributed by atoms with Crippen LogP contribution in [-0.2, 0) is 4.74 Å². The third-order valence-electron chi connectivity index (χ3n) is 5.02. The summed E-state index contributed by atoms with van der Waals surface area (Å²) in [5.41, 5.74) is 2.75. The third kappa shape index (κ3) is 5.66. The number of carbonyl (C=O) groups is 1. The molecule has 0 fully saturated rings. The number of phenolic OH excluding ortho intramolecular Hbond substituents is 1. The van der Waals surface area contributed by atoms with E-state index < -0.39 is 0 Å². The number of hydrogen-bond acceptors (Lipinski definition) is 5. The highest BCUT2D eigenvalue weighted by Crippen LogP contribution is 2.28. The molecule has 1 unspecified atom stereocenters. The second kappa shape index (κ2) is 10.5. The molecular weight excluding hydrogens is 376 g/mol. The highest BCUT2D eigenvalue weighted by atomic mass is 16.5. The molecule has 3 rings (SSSR count). The number of rotatable bonds is 9. The van der Waals surface area contributed by atoms with Crippen molar-refractivity contribution < 1.29 is 14.6 Å². The Morgan fingerprint density at radius 1 is 0.967 bits per heavy atom. The normalized spacial score (nSPS) is 11.8. The quantitative estimate of drug-likeness (QED) is 0.348. The van der Waals surface area contributed by atoms with Crippen molar-refractivity contribution in [3.63, 3.8) is 0 Å². The molecule has 0 bridgehead atoms. The summed E-state index contributed by atoms with van der Waals surface area (Å²) in [7, 11) is 0. The monoisotopic (exact) mass is 404 g/mol. The van der Waals surface area contributed by atoms with Crippen molar-refractivity contribution in [3.05, 3.63) is 66.5 Å². The van der Waals surface area contributed by atoms with Crippen LogP contribution < -0.4 is 0 Å². The van der Waals surface area contributed by atoms with E-state index in [-0.39, 0.29) is 17.8 Å². The van der Waals surface area contributed by atoms with Crippen LogP contribution in [-0.4, -0.2) is 27.1 Å². The molecule has 1 N–H and O–H groups in total. The molecule has 0 spiro atoms. The van der Waals surface area contributed by atoms with Crippen molar-refractivity contribution in [3.8, 4) is 28.3 Å². The van der Waals surface area contributed by atoms with Gasteiger partial charge in [-0.15, -0.1) is 0 Å². The van der Waals surface area contributed by atoms with E-state index in [4.69, 9.17) is 4.74 Å². The van der Waals surface area contributed by atoms with Crippen LogP contribution in [0.2, 0.25) is 0 Å². The number of ether oxygens (including phenoxy) is 1. The van der Waals surface area contributed by atoms with E-state index in [0.29, 0.717) is 17.0 Å². The van der Waals surface area contributed by atoms with E-state index in [9.17, 15) is 9.90 Å². The number of phenols is 1. The second-order valence-electron chi connectivity index (χ2n) is 7.46. The van der Waals surface area contributed by atoms with Gasteiger partial charge in [0.2, 0.25) is 0 Å². The van der Waals surface area contributed by atoms with E-state index in [1.807, 2.05) is 31.2 Å². The molecule has 30 heavy (non-hydrogen) atoms. The maximum absolute atomic E-state index is 12.3. The molecular formula is C25H28N2O3. The molecule has 0 radical (unpaired) electrons. The van der Waals surface area contributed by atoms with Crippen LogP contribution in [0.15, 0.2) is 60.9 Å². The van der Waals surface area contributed by atoms with Gasteiger partial charge in [0, 0.05) is 29.1 Å². The minimum Gasteiger partial charge on any atom is -0.507 e. The predicted molar refractivity (Wildman–Crippen MR) is 118 cm³/mol. The number of unbranched alkanes of at least 4 members (excludes halogenated alkanes) is 3. The standard InChI is InChI=1S/C25H28N2O3/c1-3-4-5-6-9-18(2)30-25(29)20-14-12-19(13-15-20)24-26-16-21(17-27-24)22-10-7-8-11-23(22)28/h7-8,10-18,28H,3-6,9H2,1-2H3. The van der Waals surface area contributed by atoms with Gasteiger partial charge in [0.05, 0.1) is 11.7 Å². The first-order valence-corrected chi connectivity index (χ1v) is 10.5. The molecule has 0 amide bonds. The van der Waals surface area contributed by atoms with Gasteiger partial charge in [-0.05, 0) is 38.0 Å². The molecule has 0 saturated carbocycles. The highest BCUT2D eigenvalue weighted by Gasteiger charge is 2.13. The van der Waals surface area contributed by atoms with Gasteiger partial charge in [0.1, 0.15) is 5.75 Å². The summed E-state index contributed by atoms with van der Waals surface area (Å²) in [6.45, 7) is 4.12. The van der Waals surface area contributed by atoms with Crippen LogP contribution in [0.3, 0.4) is 0 Å². The van der Waals surface area contributed by atoms with Crippen molar-refractivity contribution in [1.82, 2.24) is 9.97 Å². The molecule has 1 aromatic heterocycles. The van der Waals surface area contributed by atoms with Gasteiger partial charge in [0.15, 0.2) is 5.82 Å². The van der Waals surface area contributed by atoms with Crippen molar-refractivity contribution in [2.24, 2.45) is 0 Å². The number of benzene rings is 2. The van der Waals surface area contributed by atoms with Crippen LogP contribution in [0.4, 0.5) is 0 Å². The summed E-state index contributed by atoms with van der Waals surface area (Å²) in [5, 5.41) is 9.97. The van der Waals surface area contributed by atoms with E-state index in [1.165, 1.54) is 19.3 Å². The molecule has 5 nitrogen and oxygen atoms in total. The highest BCUT2D eigenvalue weighted by molar-refractivity contribution is 5.90. The molecule has 2 aromatic carbocycles. The molecule has 1 atom stereocenters. The van der Waals surface area contributed by atoms with Gasteiger partial charge in [-0.3, -0.25) is 0 Å². The largest absolute Gasteiger partial charge is 0.507 e. The lowest BCUT2D eigenvalue weighted by molar-refractivity contribution is 0.0319. The number of aromatic nitrogens is 2. The first-order valence-electron chi connectivity index (χ1n) is 10.5. The maximum atomic E-state index is 12.3. The summed E-state index contributed by atoms with van der Waals surface area (Å²) in [4.78, 5) is 21.1. The molecule has 3 aromatic rings. The topological polar surface area (TPSA) is 72.3 Å². The molecule has 0 aliphatic rings. The summed E-state index contributed by atoms with van der Waals surface area (Å²) in [6, 6.07) is 14.2. The number of nitrogens with zero attached hydrogens (tertiary/aromatic N) is 2. The van der Waals surface area contributed by atoms with E-state index in [1.54, 1.807) is 36.7 Å². The summed E-state index contributed by atoms with van der Waals surface area (Å²) >= 11 is 0. The van der Waals surface area contributed by atoms with E-state index in [0.717, 1.165) is 24.0 Å². The lowest BCUT2D eigenvalue weighted by Gasteiger charge is -2.13. The molecule has 156 valence electrons. The molecule has 0 aliphatic heterocycles. The van der Waals surface area contributed by atoms with Gasteiger partial charge in [0.25, 0.3) is 0 Å². The number of para-hydroxylation sites is 1. The van der Waals surface area contributed by atoms with Crippen molar-refractivity contribution in [2.75, 3.05) is 0 Å². The summed E-state index contributed by atoms with van der Waals surface area (Å²) < 4.78 is 5.54. The number of esters is 1. The van der Waals surface area contributed by atoms with Crippen LogP contribution >= 0.6 is 0 Å². The maximum Gasteiger partial charge on any atom is 0.338 e. The Morgan fingerprint density at radius 3 is 2.33 bits per heavy atom. The fourth-order valence-electron chi connectivity index (χ4n) is 3.26. The first kappa shape index (κ1) is 21.5. The summed E-state index contributed by atoms with van der Waals surface area (Å²) in [6.07, 6.45) is 8.84. The zero-order chi connectivity index (χ0) is 21.3. The third-order valence-corrected chi connectivity index (χ3v) is 5.02. The van der Waals surface area contributed by atoms with E-state index >= 15 is 0 Å². The van der Waals surface area contributed by atoms with Gasteiger partial charge >= 0.3 is 5.97 Å². The van der Waals surface area contributed by atoms with Crippen molar-refractivity contribution in [1.29, 1.82) is 0 Å². The zero-order valence-corrected chi connectivity index (χ0v) is 17.5. The minimum absolute atomic E-state index is 0.0840. The molecule has 0 saturated heterocycles. The Morgan fingerprint density at radius 2 is 1.67 bits per heavy atom. The van der Waals surface area contributed by atoms with Crippen molar-refractivity contribution >= 4 is 5.97 Å². The first-order chi connectivity index (χ1) is 14.6. The fourth-order valence-corrected chi connectivity index (χ4v) is 3.26. The van der Waals surface area contributed by atoms with Gasteiger partial charge in [-0.1, -0.05) is 56.5 Å². The Balaban J connectivity index is 1.61. The Hall–Kier alpha value is -3.21.